The molecule has 3 aromatic carbocycles. The molecule has 0 bridgehead atoms. The molecule has 12 heteroatoms. The number of thioether (sulfide) groups is 1. The fraction of sp³-hybridized carbons (Fsp3) is 0.200. The van der Waals surface area contributed by atoms with E-state index >= 15 is 0 Å². The monoisotopic (exact) mass is 666 g/mol. The van der Waals surface area contributed by atoms with Gasteiger partial charge in [-0.05, 0) is 82.5 Å². The van der Waals surface area contributed by atoms with Gasteiger partial charge in [-0.25, -0.2) is 0 Å². The Morgan fingerprint density at radius 1 is 1.11 bits per heavy atom. The Morgan fingerprint density at radius 2 is 1.81 bits per heavy atom. The second-order valence-corrected chi connectivity index (χ2v) is 11.3. The van der Waals surface area contributed by atoms with E-state index in [0.29, 0.717) is 44.1 Å². The van der Waals surface area contributed by atoms with Gasteiger partial charge in [0.15, 0.2) is 16.7 Å². The summed E-state index contributed by atoms with van der Waals surface area (Å²) in [5.74, 6) is 1.63. The summed E-state index contributed by atoms with van der Waals surface area (Å²) in [6.45, 7) is 1.83. The van der Waals surface area contributed by atoms with Crippen LogP contribution in [0.4, 0.5) is 0 Å². The molecular weight excluding hydrogens is 648 g/mol. The van der Waals surface area contributed by atoms with Crippen LogP contribution in [0.15, 0.2) is 74.8 Å². The third-order valence-electron chi connectivity index (χ3n) is 5.36. The van der Waals surface area contributed by atoms with Crippen LogP contribution in [0.3, 0.4) is 0 Å². The van der Waals surface area contributed by atoms with Gasteiger partial charge in [0.2, 0.25) is 6.54 Å². The SMILES string of the molecule is COc1cc([C@H](C[N+](=O)[O-])Sc2nnc(C)n2-c2ccc(Cl)cc2)cc(Br)c1OCc1ccc(Br)cc1. The van der Waals surface area contributed by atoms with E-state index in [-0.39, 0.29) is 11.5 Å². The summed E-state index contributed by atoms with van der Waals surface area (Å²) >= 11 is 14.3. The van der Waals surface area contributed by atoms with Crippen molar-refractivity contribution < 1.29 is 14.4 Å². The quantitative estimate of drug-likeness (QED) is 0.0985. The molecule has 0 saturated heterocycles. The fourth-order valence-electron chi connectivity index (χ4n) is 3.58. The molecule has 0 aliphatic heterocycles. The molecule has 1 atom stereocenters. The van der Waals surface area contributed by atoms with Gasteiger partial charge in [0.05, 0.1) is 11.6 Å². The number of benzene rings is 3. The first-order chi connectivity index (χ1) is 17.7. The lowest BCUT2D eigenvalue weighted by atomic mass is 10.1. The maximum atomic E-state index is 11.6. The fourth-order valence-corrected chi connectivity index (χ4v) is 5.70. The lowest BCUT2D eigenvalue weighted by Gasteiger charge is -2.18. The molecule has 0 saturated carbocycles. The standard InChI is InChI=1S/C25H21Br2ClN4O4S/c1-15-29-30-25(32(15)20-9-7-19(28)8-10-20)37-23(13-31(33)34)17-11-21(27)24(22(12-17)35-2)36-14-16-3-5-18(26)6-4-16/h3-12,23H,13-14H2,1-2H3/t23-/m0/s1. The van der Waals surface area contributed by atoms with Gasteiger partial charge in [0, 0.05) is 20.1 Å². The maximum Gasteiger partial charge on any atom is 0.220 e. The van der Waals surface area contributed by atoms with Gasteiger partial charge in [0.25, 0.3) is 0 Å². The van der Waals surface area contributed by atoms with Crippen LogP contribution in [0.1, 0.15) is 22.2 Å². The Balaban J connectivity index is 1.64. The van der Waals surface area contributed by atoms with E-state index in [0.717, 1.165) is 15.7 Å². The van der Waals surface area contributed by atoms with E-state index in [1.165, 1.54) is 18.9 Å². The minimum atomic E-state index is -0.574. The maximum absolute atomic E-state index is 11.6. The summed E-state index contributed by atoms with van der Waals surface area (Å²) in [6.07, 6.45) is 0. The van der Waals surface area contributed by atoms with Crippen LogP contribution in [0.5, 0.6) is 11.5 Å². The second kappa shape index (κ2) is 12.3. The topological polar surface area (TPSA) is 92.3 Å². The third-order valence-corrected chi connectivity index (χ3v) is 7.91. The Kier molecular flexibility index (Phi) is 9.12. The van der Waals surface area contributed by atoms with Gasteiger partial charge < -0.3 is 9.47 Å². The Labute approximate surface area is 239 Å². The number of ether oxygens (including phenoxy) is 2. The molecule has 1 aromatic heterocycles. The molecule has 0 aliphatic carbocycles. The number of rotatable bonds is 10. The molecule has 0 unspecified atom stereocenters. The summed E-state index contributed by atoms with van der Waals surface area (Å²) in [4.78, 5) is 11.3. The van der Waals surface area contributed by atoms with Crippen molar-refractivity contribution in [3.63, 3.8) is 0 Å². The molecule has 1 heterocycles. The number of aryl methyl sites for hydroxylation is 1. The molecule has 0 aliphatic rings. The predicted octanol–water partition coefficient (Wildman–Crippen LogP) is 7.45. The van der Waals surface area contributed by atoms with Crippen LogP contribution < -0.4 is 9.47 Å². The predicted molar refractivity (Wildman–Crippen MR) is 151 cm³/mol. The van der Waals surface area contributed by atoms with Gasteiger partial charge >= 0.3 is 0 Å². The molecule has 37 heavy (non-hydrogen) atoms. The Bertz CT molecular complexity index is 1400. The molecule has 0 N–H and O–H groups in total. The highest BCUT2D eigenvalue weighted by molar-refractivity contribution is 9.10. The highest BCUT2D eigenvalue weighted by atomic mass is 79.9. The van der Waals surface area contributed by atoms with Crippen LogP contribution >= 0.6 is 55.2 Å². The molecule has 0 spiro atoms. The zero-order valence-corrected chi connectivity index (χ0v) is 24.5. The van der Waals surface area contributed by atoms with Crippen molar-refractivity contribution in [2.45, 2.75) is 23.9 Å². The third kappa shape index (κ3) is 6.84. The lowest BCUT2D eigenvalue weighted by molar-refractivity contribution is -0.479. The zero-order chi connectivity index (χ0) is 26.5. The van der Waals surface area contributed by atoms with Gasteiger partial charge in [-0.2, -0.15) is 0 Å². The lowest BCUT2D eigenvalue weighted by Crippen LogP contribution is -2.12. The van der Waals surface area contributed by atoms with E-state index in [1.807, 2.05) is 54.0 Å². The zero-order valence-electron chi connectivity index (χ0n) is 19.7. The van der Waals surface area contributed by atoms with Gasteiger partial charge in [-0.1, -0.05) is 51.4 Å². The summed E-state index contributed by atoms with van der Waals surface area (Å²) in [5, 5.41) is 20.7. The van der Waals surface area contributed by atoms with Gasteiger partial charge in [-0.3, -0.25) is 14.7 Å². The molecule has 0 radical (unpaired) electrons. The van der Waals surface area contributed by atoms with Gasteiger partial charge in [-0.15, -0.1) is 10.2 Å². The largest absolute Gasteiger partial charge is 0.493 e. The van der Waals surface area contributed by atoms with Crippen molar-refractivity contribution in [2.75, 3.05) is 13.7 Å². The molecular formula is C25H21Br2ClN4O4S. The normalized spacial score (nSPS) is 11.8. The first-order valence-corrected chi connectivity index (χ1v) is 13.8. The molecule has 4 rings (SSSR count). The molecule has 0 fully saturated rings. The van der Waals surface area contributed by atoms with Crippen molar-refractivity contribution >= 4 is 55.2 Å². The molecule has 0 amide bonds. The van der Waals surface area contributed by atoms with E-state index in [4.69, 9.17) is 21.1 Å². The van der Waals surface area contributed by atoms with E-state index in [2.05, 4.69) is 42.1 Å². The summed E-state index contributed by atoms with van der Waals surface area (Å²) in [5.41, 5.74) is 2.48. The Hall–Kier alpha value is -2.60. The highest BCUT2D eigenvalue weighted by Crippen LogP contribution is 2.43. The highest BCUT2D eigenvalue weighted by Gasteiger charge is 2.26. The number of hydrogen-bond donors (Lipinski definition) is 0. The smallest absolute Gasteiger partial charge is 0.220 e. The van der Waals surface area contributed by atoms with Gasteiger partial charge in [0.1, 0.15) is 17.7 Å². The number of methoxy groups -OCH3 is 1. The first kappa shape index (κ1) is 27.4. The van der Waals surface area contributed by atoms with Crippen LogP contribution in [-0.2, 0) is 6.61 Å². The summed E-state index contributed by atoms with van der Waals surface area (Å²) in [7, 11) is 1.54. The van der Waals surface area contributed by atoms with Crippen LogP contribution in [-0.4, -0.2) is 33.3 Å². The van der Waals surface area contributed by atoms with E-state index < -0.39 is 5.25 Å². The van der Waals surface area contributed by atoms with Crippen LogP contribution in [0.25, 0.3) is 5.69 Å². The Morgan fingerprint density at radius 3 is 2.46 bits per heavy atom. The van der Waals surface area contributed by atoms with Crippen molar-refractivity contribution in [1.29, 1.82) is 0 Å². The molecule has 8 nitrogen and oxygen atoms in total. The minimum absolute atomic E-state index is 0.327. The van der Waals surface area contributed by atoms with E-state index in [9.17, 15) is 10.1 Å². The number of aromatic nitrogens is 3. The van der Waals surface area contributed by atoms with Crippen molar-refractivity contribution in [2.24, 2.45) is 0 Å². The first-order valence-electron chi connectivity index (χ1n) is 11.0. The van der Waals surface area contributed by atoms with Crippen molar-refractivity contribution in [3.8, 4) is 17.2 Å². The van der Waals surface area contributed by atoms with Crippen LogP contribution in [0, 0.1) is 17.0 Å². The summed E-state index contributed by atoms with van der Waals surface area (Å²) < 4.78 is 15.1. The number of hydrogen-bond acceptors (Lipinski definition) is 7. The molecule has 192 valence electrons. The average molecular weight is 669 g/mol. The number of halogens is 3. The van der Waals surface area contributed by atoms with Crippen molar-refractivity contribution in [3.05, 3.63) is 102 Å². The number of nitro groups is 1. The van der Waals surface area contributed by atoms with Crippen molar-refractivity contribution in [1.82, 2.24) is 14.8 Å². The number of nitrogens with zero attached hydrogens (tertiary/aromatic N) is 4. The second-order valence-electron chi connectivity index (χ2n) is 7.91. The van der Waals surface area contributed by atoms with Crippen LogP contribution in [0.2, 0.25) is 5.02 Å². The molecule has 4 aromatic rings. The summed E-state index contributed by atoms with van der Waals surface area (Å²) in [6, 6.07) is 18.6. The van der Waals surface area contributed by atoms with E-state index in [1.54, 1.807) is 18.2 Å². The average Bonchev–Trinajstić information content (AvgIpc) is 3.23. The minimum Gasteiger partial charge on any atom is -0.493 e.